The summed E-state index contributed by atoms with van der Waals surface area (Å²) in [4.78, 5) is 11.7. The second-order valence-electron chi connectivity index (χ2n) is 4.63. The molecule has 0 aliphatic heterocycles. The van der Waals surface area contributed by atoms with Crippen LogP contribution in [0.4, 0.5) is 14.5 Å². The van der Waals surface area contributed by atoms with Gasteiger partial charge < -0.3 is 20.5 Å². The van der Waals surface area contributed by atoms with Gasteiger partial charge in [-0.15, -0.1) is 0 Å². The molecule has 5 nitrogen and oxygen atoms in total. The van der Waals surface area contributed by atoms with Crippen molar-refractivity contribution in [2.24, 2.45) is 5.73 Å². The second-order valence-corrected chi connectivity index (χ2v) is 4.63. The van der Waals surface area contributed by atoms with E-state index in [4.69, 9.17) is 10.5 Å². The Kier molecular flexibility index (Phi) is 5.35. The molecule has 0 saturated heterocycles. The number of amides is 1. The molecule has 3 N–H and O–H groups in total. The highest BCUT2D eigenvalue weighted by atomic mass is 19.3. The molecule has 0 fully saturated rings. The Labute approximate surface area is 132 Å². The first-order chi connectivity index (χ1) is 11.0. The van der Waals surface area contributed by atoms with Crippen LogP contribution in [0.5, 0.6) is 11.5 Å². The van der Waals surface area contributed by atoms with Crippen LogP contribution in [0.25, 0.3) is 0 Å². The third kappa shape index (κ3) is 4.32. The molecule has 2 rings (SSSR count). The monoisotopic (exact) mass is 322 g/mol. The first kappa shape index (κ1) is 16.5. The van der Waals surface area contributed by atoms with Crippen molar-refractivity contribution in [3.63, 3.8) is 0 Å². The quantitative estimate of drug-likeness (QED) is 0.822. The lowest BCUT2D eigenvalue weighted by Crippen LogP contribution is -2.27. The van der Waals surface area contributed by atoms with Gasteiger partial charge in [-0.25, -0.2) is 0 Å². The lowest BCUT2D eigenvalue weighted by Gasteiger charge is -2.18. The number of hydrogen-bond donors (Lipinski definition) is 2. The Morgan fingerprint density at radius 1 is 1.13 bits per heavy atom. The summed E-state index contributed by atoms with van der Waals surface area (Å²) in [5.74, 6) is -0.571. The minimum Gasteiger partial charge on any atom is -0.493 e. The van der Waals surface area contributed by atoms with Crippen molar-refractivity contribution in [3.8, 4) is 11.5 Å². The van der Waals surface area contributed by atoms with Crippen LogP contribution in [0.1, 0.15) is 11.6 Å². The molecule has 0 spiro atoms. The van der Waals surface area contributed by atoms with Gasteiger partial charge in [-0.3, -0.25) is 4.79 Å². The maximum atomic E-state index is 12.5. The van der Waals surface area contributed by atoms with Crippen molar-refractivity contribution >= 4 is 11.6 Å². The first-order valence-electron chi connectivity index (χ1n) is 6.75. The number of methoxy groups -OCH3 is 1. The summed E-state index contributed by atoms with van der Waals surface area (Å²) in [6.07, 6.45) is 0. The number of carbonyl (C=O) groups excluding carboxylic acids is 1. The molecule has 0 saturated carbocycles. The van der Waals surface area contributed by atoms with E-state index in [0.717, 1.165) is 0 Å². The summed E-state index contributed by atoms with van der Waals surface area (Å²) < 4.78 is 34.3. The average molecular weight is 322 g/mol. The number of alkyl halides is 2. The highest BCUT2D eigenvalue weighted by Crippen LogP contribution is 2.32. The average Bonchev–Trinajstić information content (AvgIpc) is 2.53. The maximum absolute atomic E-state index is 12.5. The zero-order chi connectivity index (χ0) is 16.8. The van der Waals surface area contributed by atoms with Crippen molar-refractivity contribution in [2.45, 2.75) is 12.7 Å². The van der Waals surface area contributed by atoms with E-state index in [1.165, 1.54) is 19.2 Å². The van der Waals surface area contributed by atoms with Gasteiger partial charge in [-0.1, -0.05) is 30.3 Å². The zero-order valence-corrected chi connectivity index (χ0v) is 12.3. The van der Waals surface area contributed by atoms with Crippen LogP contribution in [0, 0.1) is 0 Å². The Morgan fingerprint density at radius 2 is 1.83 bits per heavy atom. The number of rotatable bonds is 7. The van der Waals surface area contributed by atoms with E-state index in [1.54, 1.807) is 30.3 Å². The summed E-state index contributed by atoms with van der Waals surface area (Å²) >= 11 is 0. The topological polar surface area (TPSA) is 73.6 Å². The zero-order valence-electron chi connectivity index (χ0n) is 12.3. The van der Waals surface area contributed by atoms with Crippen LogP contribution < -0.4 is 20.5 Å². The van der Waals surface area contributed by atoms with E-state index in [9.17, 15) is 13.6 Å². The Morgan fingerprint density at radius 3 is 2.39 bits per heavy atom. The standard InChI is InChI=1S/C16H16F2N2O3/c1-22-12-8-7-11(9-13(12)23-16(17)18)20-14(15(19)21)10-5-3-2-4-6-10/h2-9,14,16,20H,1H3,(H2,19,21)/t14-/m0/s1. The van der Waals surface area contributed by atoms with Crippen molar-refractivity contribution in [1.29, 1.82) is 0 Å². The molecule has 23 heavy (non-hydrogen) atoms. The van der Waals surface area contributed by atoms with Crippen molar-refractivity contribution in [3.05, 3.63) is 54.1 Å². The van der Waals surface area contributed by atoms with Crippen LogP contribution in [-0.2, 0) is 4.79 Å². The van der Waals surface area contributed by atoms with Crippen molar-refractivity contribution in [1.82, 2.24) is 0 Å². The number of anilines is 1. The fraction of sp³-hybridized carbons (Fsp3) is 0.188. The Hall–Kier alpha value is -2.83. The van der Waals surface area contributed by atoms with Crippen LogP contribution in [-0.4, -0.2) is 19.6 Å². The Bertz CT molecular complexity index is 666. The van der Waals surface area contributed by atoms with Crippen LogP contribution in [0.2, 0.25) is 0 Å². The van der Waals surface area contributed by atoms with Gasteiger partial charge in [0.25, 0.3) is 0 Å². The molecule has 0 heterocycles. The first-order valence-corrected chi connectivity index (χ1v) is 6.75. The molecular weight excluding hydrogens is 306 g/mol. The van der Waals surface area contributed by atoms with Gasteiger partial charge in [0.05, 0.1) is 7.11 Å². The molecule has 122 valence electrons. The molecule has 7 heteroatoms. The number of nitrogens with two attached hydrogens (primary N) is 1. The molecule has 2 aromatic carbocycles. The molecule has 1 amide bonds. The fourth-order valence-corrected chi connectivity index (χ4v) is 2.09. The molecule has 0 bridgehead atoms. The van der Waals surface area contributed by atoms with Crippen LogP contribution in [0.3, 0.4) is 0 Å². The molecule has 0 aliphatic carbocycles. The van der Waals surface area contributed by atoms with Gasteiger partial charge in [-0.2, -0.15) is 8.78 Å². The van der Waals surface area contributed by atoms with E-state index in [2.05, 4.69) is 10.1 Å². The molecule has 0 aliphatic rings. The van der Waals surface area contributed by atoms with Gasteiger partial charge in [-0.05, 0) is 17.7 Å². The SMILES string of the molecule is COc1ccc(N[C@H](C(N)=O)c2ccccc2)cc1OC(F)F. The molecular formula is C16H16F2N2O3. The minimum absolute atomic E-state index is 0.135. The maximum Gasteiger partial charge on any atom is 0.387 e. The molecule has 1 atom stereocenters. The van der Waals surface area contributed by atoms with Crippen molar-refractivity contribution < 1.29 is 23.0 Å². The number of carbonyl (C=O) groups is 1. The largest absolute Gasteiger partial charge is 0.493 e. The summed E-state index contributed by atoms with van der Waals surface area (Å²) in [6.45, 7) is -2.99. The number of benzene rings is 2. The van der Waals surface area contributed by atoms with Crippen LogP contribution in [0.15, 0.2) is 48.5 Å². The minimum atomic E-state index is -2.99. The van der Waals surface area contributed by atoms with Crippen molar-refractivity contribution in [2.75, 3.05) is 12.4 Å². The number of primary amides is 1. The van der Waals surface area contributed by atoms with Crippen LogP contribution >= 0.6 is 0 Å². The third-order valence-corrected chi connectivity index (χ3v) is 3.11. The van der Waals surface area contributed by atoms with E-state index in [0.29, 0.717) is 11.3 Å². The summed E-state index contributed by atoms with van der Waals surface area (Å²) in [7, 11) is 1.34. The highest BCUT2D eigenvalue weighted by molar-refractivity contribution is 5.84. The third-order valence-electron chi connectivity index (χ3n) is 3.11. The predicted molar refractivity (Wildman–Crippen MR) is 81.6 cm³/mol. The van der Waals surface area contributed by atoms with Gasteiger partial charge in [0, 0.05) is 11.8 Å². The molecule has 0 unspecified atom stereocenters. The number of hydrogen-bond acceptors (Lipinski definition) is 4. The number of halogens is 2. The smallest absolute Gasteiger partial charge is 0.387 e. The molecule has 0 radical (unpaired) electrons. The van der Waals surface area contributed by atoms with Gasteiger partial charge in [0.2, 0.25) is 5.91 Å². The van der Waals surface area contributed by atoms with E-state index in [-0.39, 0.29) is 11.5 Å². The van der Waals surface area contributed by atoms with Gasteiger partial charge in [0.1, 0.15) is 6.04 Å². The normalized spacial score (nSPS) is 11.8. The van der Waals surface area contributed by atoms with Gasteiger partial charge >= 0.3 is 6.61 Å². The molecule has 0 aromatic heterocycles. The summed E-state index contributed by atoms with van der Waals surface area (Å²) in [5.41, 5.74) is 6.47. The Balaban J connectivity index is 2.28. The van der Waals surface area contributed by atoms with E-state index >= 15 is 0 Å². The second kappa shape index (κ2) is 7.44. The highest BCUT2D eigenvalue weighted by Gasteiger charge is 2.18. The van der Waals surface area contributed by atoms with E-state index < -0.39 is 18.6 Å². The summed E-state index contributed by atoms with van der Waals surface area (Å²) in [6, 6.07) is 12.4. The lowest BCUT2D eigenvalue weighted by atomic mass is 10.1. The predicted octanol–water partition coefficient (Wildman–Crippen LogP) is 2.94. The fourth-order valence-electron chi connectivity index (χ4n) is 2.09. The summed E-state index contributed by atoms with van der Waals surface area (Å²) in [5, 5.41) is 2.90. The number of ether oxygens (including phenoxy) is 2. The van der Waals surface area contributed by atoms with E-state index in [1.807, 2.05) is 6.07 Å². The van der Waals surface area contributed by atoms with Gasteiger partial charge in [0.15, 0.2) is 11.5 Å². The molecule has 2 aromatic rings. The number of nitrogens with one attached hydrogen (secondary N) is 1. The lowest BCUT2D eigenvalue weighted by molar-refractivity contribution is -0.118.